The van der Waals surface area contributed by atoms with E-state index in [0.29, 0.717) is 24.7 Å². The Morgan fingerprint density at radius 2 is 1.96 bits per heavy atom. The van der Waals surface area contributed by atoms with Gasteiger partial charge in [-0.3, -0.25) is 4.79 Å². The molecule has 1 aliphatic heterocycles. The van der Waals surface area contributed by atoms with Gasteiger partial charge in [-0.15, -0.1) is 5.10 Å². The second-order valence-electron chi connectivity index (χ2n) is 5.70. The number of carbonyl (C=O) groups is 1. The molecule has 0 spiro atoms. The van der Waals surface area contributed by atoms with E-state index in [1.807, 2.05) is 49.4 Å². The maximum absolute atomic E-state index is 12.3. The number of anilines is 1. The number of amides is 1. The van der Waals surface area contributed by atoms with Gasteiger partial charge in [0, 0.05) is 11.8 Å². The van der Waals surface area contributed by atoms with Crippen molar-refractivity contribution in [3.63, 3.8) is 0 Å². The third kappa shape index (κ3) is 3.16. The van der Waals surface area contributed by atoms with Crippen molar-refractivity contribution < 1.29 is 14.3 Å². The fourth-order valence-electron chi connectivity index (χ4n) is 2.59. The molecule has 0 fully saturated rings. The average Bonchev–Trinajstić information content (AvgIpc) is 3.12. The number of carbonyl (C=O) groups excluding carboxylic acids is 1. The molecule has 1 aliphatic rings. The summed E-state index contributed by atoms with van der Waals surface area (Å²) in [5.74, 6) is 1.05. The monoisotopic (exact) mass is 336 g/mol. The molecule has 3 aromatic rings. The Labute approximate surface area is 144 Å². The van der Waals surface area contributed by atoms with Crippen molar-refractivity contribution in [1.29, 1.82) is 0 Å². The van der Waals surface area contributed by atoms with E-state index in [0.717, 1.165) is 16.9 Å². The molecule has 0 saturated heterocycles. The lowest BCUT2D eigenvalue weighted by atomic mass is 10.2. The van der Waals surface area contributed by atoms with Crippen molar-refractivity contribution in [2.75, 3.05) is 18.5 Å². The highest BCUT2D eigenvalue weighted by atomic mass is 16.6. The highest BCUT2D eigenvalue weighted by Gasteiger charge is 2.15. The van der Waals surface area contributed by atoms with E-state index in [1.165, 1.54) is 4.68 Å². The molecule has 25 heavy (non-hydrogen) atoms. The first-order valence-electron chi connectivity index (χ1n) is 7.89. The number of ether oxygens (including phenoxy) is 2. The first-order chi connectivity index (χ1) is 12.2. The lowest BCUT2D eigenvalue weighted by Gasteiger charge is -2.18. The van der Waals surface area contributed by atoms with Gasteiger partial charge >= 0.3 is 0 Å². The normalized spacial score (nSPS) is 12.7. The Morgan fingerprint density at radius 3 is 2.80 bits per heavy atom. The number of benzene rings is 2. The van der Waals surface area contributed by atoms with Gasteiger partial charge in [0.25, 0.3) is 5.91 Å². The number of nitrogens with zero attached hydrogens (tertiary/aromatic N) is 3. The van der Waals surface area contributed by atoms with Crippen LogP contribution in [0, 0.1) is 6.92 Å². The van der Waals surface area contributed by atoms with Crippen LogP contribution in [0.1, 0.15) is 16.1 Å². The topological polar surface area (TPSA) is 78.3 Å². The zero-order chi connectivity index (χ0) is 17.2. The minimum absolute atomic E-state index is 0.233. The van der Waals surface area contributed by atoms with Crippen molar-refractivity contribution in [1.82, 2.24) is 15.0 Å². The molecule has 4 rings (SSSR count). The minimum Gasteiger partial charge on any atom is -0.486 e. The molecule has 7 nitrogen and oxygen atoms in total. The molecule has 1 aromatic heterocycles. The maximum Gasteiger partial charge on any atom is 0.277 e. The van der Waals surface area contributed by atoms with Crippen LogP contribution in [0.2, 0.25) is 0 Å². The summed E-state index contributed by atoms with van der Waals surface area (Å²) in [6.07, 6.45) is 1.58. The summed E-state index contributed by atoms with van der Waals surface area (Å²) in [6, 6.07) is 13.0. The van der Waals surface area contributed by atoms with Crippen LogP contribution >= 0.6 is 0 Å². The molecule has 1 amide bonds. The zero-order valence-corrected chi connectivity index (χ0v) is 13.6. The summed E-state index contributed by atoms with van der Waals surface area (Å²) in [4.78, 5) is 12.3. The number of nitrogens with one attached hydrogen (secondary N) is 1. The number of hydrogen-bond donors (Lipinski definition) is 1. The molecule has 126 valence electrons. The van der Waals surface area contributed by atoms with E-state index >= 15 is 0 Å². The molecule has 2 heterocycles. The summed E-state index contributed by atoms with van der Waals surface area (Å²) in [5.41, 5.74) is 2.76. The quantitative estimate of drug-likeness (QED) is 0.795. The van der Waals surface area contributed by atoms with Gasteiger partial charge in [-0.05, 0) is 36.8 Å². The highest BCUT2D eigenvalue weighted by molar-refractivity contribution is 6.02. The lowest BCUT2D eigenvalue weighted by Crippen LogP contribution is -2.15. The molecule has 2 aromatic carbocycles. The second kappa shape index (κ2) is 6.27. The average molecular weight is 336 g/mol. The Kier molecular flexibility index (Phi) is 3.81. The first kappa shape index (κ1) is 15.2. The Hall–Kier alpha value is -3.35. The van der Waals surface area contributed by atoms with Crippen LogP contribution in [0.4, 0.5) is 5.69 Å². The van der Waals surface area contributed by atoms with Gasteiger partial charge in [-0.2, -0.15) is 0 Å². The largest absolute Gasteiger partial charge is 0.486 e. The van der Waals surface area contributed by atoms with Crippen LogP contribution in [0.25, 0.3) is 5.69 Å². The summed E-state index contributed by atoms with van der Waals surface area (Å²) >= 11 is 0. The van der Waals surface area contributed by atoms with Gasteiger partial charge in [0.15, 0.2) is 17.2 Å². The Balaban J connectivity index is 1.54. The predicted octanol–water partition coefficient (Wildman–Crippen LogP) is 2.60. The molecule has 0 bridgehead atoms. The van der Waals surface area contributed by atoms with Gasteiger partial charge in [-0.1, -0.05) is 17.3 Å². The van der Waals surface area contributed by atoms with Crippen molar-refractivity contribution in [3.8, 4) is 17.2 Å². The standard InChI is InChI=1S/C18H16N4O3/c1-12-3-2-4-13(9-12)19-18(23)15-11-22(21-20-15)14-5-6-16-17(10-14)25-8-7-24-16/h2-6,9-11H,7-8H2,1H3,(H,19,23). The molecule has 7 heteroatoms. The van der Waals surface area contributed by atoms with E-state index in [9.17, 15) is 4.79 Å². The minimum atomic E-state index is -0.311. The summed E-state index contributed by atoms with van der Waals surface area (Å²) < 4.78 is 12.6. The molecule has 0 radical (unpaired) electrons. The van der Waals surface area contributed by atoms with Gasteiger partial charge in [0.05, 0.1) is 11.9 Å². The third-order valence-electron chi connectivity index (χ3n) is 3.79. The van der Waals surface area contributed by atoms with Crippen LogP contribution < -0.4 is 14.8 Å². The molecular weight excluding hydrogens is 320 g/mol. The summed E-state index contributed by atoms with van der Waals surface area (Å²) in [5, 5.41) is 10.8. The number of hydrogen-bond acceptors (Lipinski definition) is 5. The van der Waals surface area contributed by atoms with Crippen molar-refractivity contribution in [3.05, 3.63) is 59.9 Å². The van der Waals surface area contributed by atoms with Crippen molar-refractivity contribution in [2.24, 2.45) is 0 Å². The Morgan fingerprint density at radius 1 is 1.12 bits per heavy atom. The lowest BCUT2D eigenvalue weighted by molar-refractivity contribution is 0.102. The fourth-order valence-corrected chi connectivity index (χ4v) is 2.59. The van der Waals surface area contributed by atoms with E-state index in [-0.39, 0.29) is 11.6 Å². The van der Waals surface area contributed by atoms with E-state index in [4.69, 9.17) is 9.47 Å². The van der Waals surface area contributed by atoms with Crippen LogP contribution in [0.15, 0.2) is 48.7 Å². The summed E-state index contributed by atoms with van der Waals surface area (Å²) in [7, 11) is 0. The zero-order valence-electron chi connectivity index (χ0n) is 13.6. The molecule has 1 N–H and O–H groups in total. The first-order valence-corrected chi connectivity index (χ1v) is 7.89. The number of aryl methyl sites for hydroxylation is 1. The van der Waals surface area contributed by atoms with Gasteiger partial charge in [0.1, 0.15) is 13.2 Å². The van der Waals surface area contributed by atoms with Gasteiger partial charge in [0.2, 0.25) is 0 Å². The Bertz CT molecular complexity index is 936. The van der Waals surface area contributed by atoms with Gasteiger partial charge < -0.3 is 14.8 Å². The molecule has 0 atom stereocenters. The molecule has 0 aliphatic carbocycles. The molecule has 0 saturated carbocycles. The van der Waals surface area contributed by atoms with Crippen molar-refractivity contribution >= 4 is 11.6 Å². The number of fused-ring (bicyclic) bond motifs is 1. The van der Waals surface area contributed by atoms with Crippen LogP contribution in [0.5, 0.6) is 11.5 Å². The van der Waals surface area contributed by atoms with Crippen LogP contribution in [-0.2, 0) is 0 Å². The SMILES string of the molecule is Cc1cccc(NC(=O)c2cn(-c3ccc4c(c3)OCCO4)nn2)c1. The number of aromatic nitrogens is 3. The maximum atomic E-state index is 12.3. The highest BCUT2D eigenvalue weighted by Crippen LogP contribution is 2.31. The van der Waals surface area contributed by atoms with Crippen molar-refractivity contribution in [2.45, 2.75) is 6.92 Å². The molecular formula is C18H16N4O3. The second-order valence-corrected chi connectivity index (χ2v) is 5.70. The van der Waals surface area contributed by atoms with E-state index < -0.39 is 0 Å². The predicted molar refractivity (Wildman–Crippen MR) is 91.5 cm³/mol. The van der Waals surface area contributed by atoms with Gasteiger partial charge in [-0.25, -0.2) is 4.68 Å². The summed E-state index contributed by atoms with van der Waals surface area (Å²) in [6.45, 7) is 3.02. The third-order valence-corrected chi connectivity index (χ3v) is 3.79. The number of rotatable bonds is 3. The van der Waals surface area contributed by atoms with E-state index in [2.05, 4.69) is 15.6 Å². The smallest absolute Gasteiger partial charge is 0.277 e. The van der Waals surface area contributed by atoms with Crippen LogP contribution in [0.3, 0.4) is 0 Å². The molecule has 0 unspecified atom stereocenters. The van der Waals surface area contributed by atoms with Crippen LogP contribution in [-0.4, -0.2) is 34.1 Å². The van der Waals surface area contributed by atoms with E-state index in [1.54, 1.807) is 6.20 Å². The fraction of sp³-hybridized carbons (Fsp3) is 0.167.